The lowest BCUT2D eigenvalue weighted by Crippen LogP contribution is -2.05. The molecular formula is C12H20O. The number of hydrogen-bond acceptors (Lipinski definition) is 1. The summed E-state index contributed by atoms with van der Waals surface area (Å²) in [6, 6.07) is 0. The Balaban J connectivity index is 2.51. The number of ketones is 1. The summed E-state index contributed by atoms with van der Waals surface area (Å²) in [7, 11) is 0. The smallest absolute Gasteiger partial charge is 0.158 e. The molecule has 1 rings (SSSR count). The van der Waals surface area contributed by atoms with Crippen molar-refractivity contribution in [3.8, 4) is 0 Å². The predicted octanol–water partition coefficient (Wildman–Crippen LogP) is 3.64. The van der Waals surface area contributed by atoms with Crippen LogP contribution in [0.1, 0.15) is 58.3 Å². The molecule has 0 N–H and O–H groups in total. The molecule has 0 atom stereocenters. The molecule has 1 aliphatic carbocycles. The highest BCUT2D eigenvalue weighted by Gasteiger charge is 2.11. The Bertz CT molecular complexity index is 191. The SMILES string of the molecule is CCC/C=C1\CCCCCCC1=O. The van der Waals surface area contributed by atoms with Gasteiger partial charge in [0, 0.05) is 6.42 Å². The molecule has 1 fully saturated rings. The van der Waals surface area contributed by atoms with Crippen LogP contribution in [0.15, 0.2) is 11.6 Å². The summed E-state index contributed by atoms with van der Waals surface area (Å²) >= 11 is 0. The normalized spacial score (nSPS) is 22.8. The van der Waals surface area contributed by atoms with Gasteiger partial charge in [-0.1, -0.05) is 32.3 Å². The lowest BCUT2D eigenvalue weighted by molar-refractivity contribution is -0.116. The van der Waals surface area contributed by atoms with Crippen molar-refractivity contribution in [2.45, 2.75) is 58.3 Å². The molecule has 0 aromatic carbocycles. The molecule has 1 nitrogen and oxygen atoms in total. The Morgan fingerprint density at radius 2 is 1.85 bits per heavy atom. The van der Waals surface area contributed by atoms with Gasteiger partial charge in [0.1, 0.15) is 0 Å². The Hall–Kier alpha value is -0.590. The molecule has 0 saturated heterocycles. The van der Waals surface area contributed by atoms with E-state index in [-0.39, 0.29) is 0 Å². The fraction of sp³-hybridized carbons (Fsp3) is 0.750. The zero-order chi connectivity index (χ0) is 9.52. The molecule has 0 aromatic rings. The second-order valence-electron chi connectivity index (χ2n) is 3.86. The molecule has 0 aromatic heterocycles. The van der Waals surface area contributed by atoms with E-state index in [9.17, 15) is 4.79 Å². The van der Waals surface area contributed by atoms with Gasteiger partial charge in [0.05, 0.1) is 0 Å². The number of rotatable bonds is 2. The molecular weight excluding hydrogens is 160 g/mol. The molecule has 0 radical (unpaired) electrons. The largest absolute Gasteiger partial charge is 0.295 e. The molecule has 1 saturated carbocycles. The first-order chi connectivity index (χ1) is 6.34. The molecule has 13 heavy (non-hydrogen) atoms. The van der Waals surface area contributed by atoms with Crippen LogP contribution < -0.4 is 0 Å². The van der Waals surface area contributed by atoms with Gasteiger partial charge in [0.15, 0.2) is 5.78 Å². The summed E-state index contributed by atoms with van der Waals surface area (Å²) in [5.41, 5.74) is 1.11. The Kier molecular flexibility index (Phi) is 4.81. The van der Waals surface area contributed by atoms with E-state index in [4.69, 9.17) is 0 Å². The highest BCUT2D eigenvalue weighted by molar-refractivity contribution is 5.95. The first kappa shape index (κ1) is 10.5. The van der Waals surface area contributed by atoms with Gasteiger partial charge in [-0.2, -0.15) is 0 Å². The van der Waals surface area contributed by atoms with Crippen LogP contribution in [-0.2, 0) is 4.79 Å². The van der Waals surface area contributed by atoms with Gasteiger partial charge in [-0.15, -0.1) is 0 Å². The molecule has 0 aliphatic heterocycles. The van der Waals surface area contributed by atoms with Crippen LogP contribution in [-0.4, -0.2) is 5.78 Å². The van der Waals surface area contributed by atoms with E-state index in [1.165, 1.54) is 19.3 Å². The molecule has 0 bridgehead atoms. The highest BCUT2D eigenvalue weighted by atomic mass is 16.1. The minimum atomic E-state index is 0.410. The molecule has 1 heteroatoms. The van der Waals surface area contributed by atoms with Crippen LogP contribution in [0.25, 0.3) is 0 Å². The monoisotopic (exact) mass is 180 g/mol. The average Bonchev–Trinajstić information content (AvgIpc) is 2.11. The topological polar surface area (TPSA) is 17.1 Å². The molecule has 0 unspecified atom stereocenters. The van der Waals surface area contributed by atoms with E-state index < -0.39 is 0 Å². The number of hydrogen-bond donors (Lipinski definition) is 0. The molecule has 0 heterocycles. The van der Waals surface area contributed by atoms with Gasteiger partial charge in [-0.05, 0) is 31.3 Å². The molecule has 74 valence electrons. The number of allylic oxidation sites excluding steroid dienone is 2. The van der Waals surface area contributed by atoms with E-state index >= 15 is 0 Å². The first-order valence-electron chi connectivity index (χ1n) is 5.57. The second kappa shape index (κ2) is 5.95. The number of Topliss-reactive ketones (excluding diaryl/α,β-unsaturated/α-hetero) is 1. The Morgan fingerprint density at radius 1 is 1.15 bits per heavy atom. The van der Waals surface area contributed by atoms with Crippen LogP contribution >= 0.6 is 0 Å². The quantitative estimate of drug-likeness (QED) is 0.593. The van der Waals surface area contributed by atoms with E-state index in [1.54, 1.807) is 0 Å². The summed E-state index contributed by atoms with van der Waals surface area (Å²) in [6.45, 7) is 2.16. The maximum Gasteiger partial charge on any atom is 0.158 e. The van der Waals surface area contributed by atoms with Gasteiger partial charge in [-0.25, -0.2) is 0 Å². The summed E-state index contributed by atoms with van der Waals surface area (Å²) in [5.74, 6) is 0.410. The third-order valence-corrected chi connectivity index (χ3v) is 2.64. The molecule has 0 spiro atoms. The van der Waals surface area contributed by atoms with Crippen molar-refractivity contribution in [3.05, 3.63) is 11.6 Å². The number of unbranched alkanes of at least 4 members (excludes halogenated alkanes) is 1. The van der Waals surface area contributed by atoms with Gasteiger partial charge in [-0.3, -0.25) is 4.79 Å². The van der Waals surface area contributed by atoms with Crippen LogP contribution in [0.2, 0.25) is 0 Å². The van der Waals surface area contributed by atoms with Gasteiger partial charge >= 0.3 is 0 Å². The fourth-order valence-corrected chi connectivity index (χ4v) is 1.79. The van der Waals surface area contributed by atoms with Crippen LogP contribution in [0, 0.1) is 0 Å². The van der Waals surface area contributed by atoms with E-state index in [0.717, 1.165) is 37.7 Å². The van der Waals surface area contributed by atoms with E-state index in [2.05, 4.69) is 13.0 Å². The predicted molar refractivity (Wildman–Crippen MR) is 55.7 cm³/mol. The zero-order valence-corrected chi connectivity index (χ0v) is 8.64. The Labute approximate surface area is 81.2 Å². The fourth-order valence-electron chi connectivity index (χ4n) is 1.79. The minimum absolute atomic E-state index is 0.410. The maximum atomic E-state index is 11.6. The first-order valence-corrected chi connectivity index (χ1v) is 5.57. The second-order valence-corrected chi connectivity index (χ2v) is 3.86. The summed E-state index contributed by atoms with van der Waals surface area (Å²) in [4.78, 5) is 11.6. The van der Waals surface area contributed by atoms with Gasteiger partial charge in [0.2, 0.25) is 0 Å². The van der Waals surface area contributed by atoms with Crippen LogP contribution in [0.4, 0.5) is 0 Å². The minimum Gasteiger partial charge on any atom is -0.295 e. The average molecular weight is 180 g/mol. The van der Waals surface area contributed by atoms with Crippen molar-refractivity contribution in [3.63, 3.8) is 0 Å². The van der Waals surface area contributed by atoms with Crippen molar-refractivity contribution in [2.75, 3.05) is 0 Å². The number of carbonyl (C=O) groups is 1. The van der Waals surface area contributed by atoms with Crippen molar-refractivity contribution >= 4 is 5.78 Å². The van der Waals surface area contributed by atoms with Crippen LogP contribution in [0.5, 0.6) is 0 Å². The summed E-state index contributed by atoms with van der Waals surface area (Å²) < 4.78 is 0. The number of carbonyl (C=O) groups excluding carboxylic acids is 1. The van der Waals surface area contributed by atoms with Crippen molar-refractivity contribution < 1.29 is 4.79 Å². The van der Waals surface area contributed by atoms with Gasteiger partial charge < -0.3 is 0 Å². The van der Waals surface area contributed by atoms with E-state index in [0.29, 0.717) is 5.78 Å². The van der Waals surface area contributed by atoms with Crippen molar-refractivity contribution in [2.24, 2.45) is 0 Å². The van der Waals surface area contributed by atoms with Crippen molar-refractivity contribution in [1.82, 2.24) is 0 Å². The lowest BCUT2D eigenvalue weighted by atomic mass is 9.94. The van der Waals surface area contributed by atoms with Crippen LogP contribution in [0.3, 0.4) is 0 Å². The highest BCUT2D eigenvalue weighted by Crippen LogP contribution is 2.19. The lowest BCUT2D eigenvalue weighted by Gasteiger charge is -2.10. The van der Waals surface area contributed by atoms with E-state index in [1.807, 2.05) is 0 Å². The Morgan fingerprint density at radius 3 is 2.54 bits per heavy atom. The third-order valence-electron chi connectivity index (χ3n) is 2.64. The van der Waals surface area contributed by atoms with Crippen molar-refractivity contribution in [1.29, 1.82) is 0 Å². The summed E-state index contributed by atoms with van der Waals surface area (Å²) in [5, 5.41) is 0. The third kappa shape index (κ3) is 3.75. The van der Waals surface area contributed by atoms with Gasteiger partial charge in [0.25, 0.3) is 0 Å². The summed E-state index contributed by atoms with van der Waals surface area (Å²) in [6.07, 6.45) is 11.0. The standard InChI is InChI=1S/C12H20O/c1-2-3-8-11-9-6-4-5-7-10-12(11)13/h8H,2-7,9-10H2,1H3/b11-8+. The maximum absolute atomic E-state index is 11.6. The molecule has 0 amide bonds. The zero-order valence-electron chi connectivity index (χ0n) is 8.64. The molecule has 1 aliphatic rings.